The fourth-order valence-corrected chi connectivity index (χ4v) is 1.67. The van der Waals surface area contributed by atoms with E-state index in [9.17, 15) is 4.79 Å². The lowest BCUT2D eigenvalue weighted by atomic mass is 9.84. The van der Waals surface area contributed by atoms with Crippen molar-refractivity contribution in [2.45, 2.75) is 38.6 Å². The molecule has 3 nitrogen and oxygen atoms in total. The van der Waals surface area contributed by atoms with Crippen LogP contribution >= 0.6 is 0 Å². The molecule has 0 heterocycles. The lowest BCUT2D eigenvalue weighted by molar-refractivity contribution is -0.121. The molecule has 0 unspecified atom stereocenters. The molecule has 0 aliphatic heterocycles. The summed E-state index contributed by atoms with van der Waals surface area (Å²) in [5.74, 6) is 5.93. The normalized spacial score (nSPS) is 31.8. The van der Waals surface area contributed by atoms with E-state index < -0.39 is 0 Å². The molecule has 0 aromatic carbocycles. The fourth-order valence-electron chi connectivity index (χ4n) is 1.67. The second-order valence-electron chi connectivity index (χ2n) is 3.33. The van der Waals surface area contributed by atoms with Gasteiger partial charge in [-0.15, -0.1) is 0 Å². The highest BCUT2D eigenvalue weighted by Crippen LogP contribution is 2.24. The summed E-state index contributed by atoms with van der Waals surface area (Å²) in [7, 11) is 0. The van der Waals surface area contributed by atoms with Gasteiger partial charge in [-0.05, 0) is 32.6 Å². The maximum Gasteiger partial charge on any atom is 0.132 e. The lowest BCUT2D eigenvalue weighted by Crippen LogP contribution is -2.38. The molecule has 64 valence electrons. The van der Waals surface area contributed by atoms with Crippen LogP contribution in [0.3, 0.4) is 0 Å². The van der Waals surface area contributed by atoms with Crippen molar-refractivity contribution < 1.29 is 4.79 Å². The average molecular weight is 156 g/mol. The number of Topliss-reactive ketones (excluding diaryl/α,β-unsaturated/α-hetero) is 1. The van der Waals surface area contributed by atoms with Crippen molar-refractivity contribution in [3.05, 3.63) is 0 Å². The van der Waals surface area contributed by atoms with Crippen LogP contribution in [-0.2, 0) is 4.79 Å². The molecular formula is C8H16N2O. The maximum absolute atomic E-state index is 10.9. The third-order valence-corrected chi connectivity index (χ3v) is 2.54. The first-order valence-corrected chi connectivity index (χ1v) is 4.20. The van der Waals surface area contributed by atoms with Crippen molar-refractivity contribution >= 4 is 5.78 Å². The fraction of sp³-hybridized carbons (Fsp3) is 0.875. The zero-order valence-corrected chi connectivity index (χ0v) is 6.97. The molecule has 1 aliphatic rings. The van der Waals surface area contributed by atoms with Crippen LogP contribution in [0.4, 0.5) is 0 Å². The zero-order valence-electron chi connectivity index (χ0n) is 6.97. The highest BCUT2D eigenvalue weighted by Gasteiger charge is 2.22. The molecule has 0 saturated heterocycles. The minimum Gasteiger partial charge on any atom is -0.300 e. The van der Waals surface area contributed by atoms with Crippen LogP contribution in [0.25, 0.3) is 0 Å². The van der Waals surface area contributed by atoms with Crippen LogP contribution in [0.5, 0.6) is 0 Å². The van der Waals surface area contributed by atoms with Gasteiger partial charge in [0.2, 0.25) is 0 Å². The highest BCUT2D eigenvalue weighted by atomic mass is 16.1. The van der Waals surface area contributed by atoms with E-state index in [4.69, 9.17) is 5.84 Å². The Morgan fingerprint density at radius 1 is 1.36 bits per heavy atom. The van der Waals surface area contributed by atoms with E-state index in [0.717, 1.165) is 25.7 Å². The molecule has 0 amide bonds. The summed E-state index contributed by atoms with van der Waals surface area (Å²) in [5, 5.41) is 0. The van der Waals surface area contributed by atoms with Gasteiger partial charge in [0.05, 0.1) is 0 Å². The van der Waals surface area contributed by atoms with Gasteiger partial charge in [0.15, 0.2) is 0 Å². The predicted molar refractivity (Wildman–Crippen MR) is 43.8 cm³/mol. The molecule has 1 rings (SSSR count). The molecule has 1 saturated carbocycles. The Labute approximate surface area is 67.3 Å². The van der Waals surface area contributed by atoms with Gasteiger partial charge in [0.25, 0.3) is 0 Å². The smallest absolute Gasteiger partial charge is 0.132 e. The summed E-state index contributed by atoms with van der Waals surface area (Å²) >= 11 is 0. The SMILES string of the molecule is CC(=O)C1CCC(NN)CC1. The number of hydrogen-bond donors (Lipinski definition) is 2. The van der Waals surface area contributed by atoms with Crippen LogP contribution < -0.4 is 11.3 Å². The van der Waals surface area contributed by atoms with Gasteiger partial charge in [-0.25, -0.2) is 0 Å². The quantitative estimate of drug-likeness (QED) is 0.454. The molecule has 1 aliphatic carbocycles. The number of hydrogen-bond acceptors (Lipinski definition) is 3. The predicted octanol–water partition coefficient (Wildman–Crippen LogP) is 0.598. The molecule has 3 N–H and O–H groups in total. The van der Waals surface area contributed by atoms with E-state index in [2.05, 4.69) is 5.43 Å². The van der Waals surface area contributed by atoms with Gasteiger partial charge >= 0.3 is 0 Å². The molecule has 0 spiro atoms. The average Bonchev–Trinajstić information content (AvgIpc) is 2.05. The van der Waals surface area contributed by atoms with E-state index in [1.165, 1.54) is 0 Å². The number of carbonyl (C=O) groups excluding carboxylic acids is 1. The van der Waals surface area contributed by atoms with Gasteiger partial charge in [-0.3, -0.25) is 16.1 Å². The molecular weight excluding hydrogens is 140 g/mol. The van der Waals surface area contributed by atoms with Crippen molar-refractivity contribution in [2.75, 3.05) is 0 Å². The number of hydrazine groups is 1. The molecule has 11 heavy (non-hydrogen) atoms. The molecule has 0 radical (unpaired) electrons. The van der Waals surface area contributed by atoms with Crippen molar-refractivity contribution in [3.63, 3.8) is 0 Å². The number of nitrogens with two attached hydrogens (primary N) is 1. The van der Waals surface area contributed by atoms with Crippen molar-refractivity contribution in [1.29, 1.82) is 0 Å². The van der Waals surface area contributed by atoms with E-state index in [1.54, 1.807) is 6.92 Å². The monoisotopic (exact) mass is 156 g/mol. The summed E-state index contributed by atoms with van der Waals surface area (Å²) in [6.07, 6.45) is 4.09. The third-order valence-electron chi connectivity index (χ3n) is 2.54. The third kappa shape index (κ3) is 2.27. The Kier molecular flexibility index (Phi) is 3.02. The van der Waals surface area contributed by atoms with Crippen LogP contribution in [0.1, 0.15) is 32.6 Å². The summed E-state index contributed by atoms with van der Waals surface area (Å²) in [6, 6.07) is 0.436. The first kappa shape index (κ1) is 8.68. The van der Waals surface area contributed by atoms with E-state index in [-0.39, 0.29) is 0 Å². The second-order valence-corrected chi connectivity index (χ2v) is 3.33. The Morgan fingerprint density at radius 2 is 1.91 bits per heavy atom. The molecule has 0 aromatic rings. The van der Waals surface area contributed by atoms with Crippen molar-refractivity contribution in [2.24, 2.45) is 11.8 Å². The molecule has 1 fully saturated rings. The first-order valence-electron chi connectivity index (χ1n) is 4.20. The summed E-state index contributed by atoms with van der Waals surface area (Å²) in [6.45, 7) is 1.68. The van der Waals surface area contributed by atoms with Crippen LogP contribution in [0, 0.1) is 5.92 Å². The minimum absolute atomic E-state index is 0.305. The van der Waals surface area contributed by atoms with Crippen molar-refractivity contribution in [1.82, 2.24) is 5.43 Å². The lowest BCUT2D eigenvalue weighted by Gasteiger charge is -2.25. The first-order chi connectivity index (χ1) is 5.24. The van der Waals surface area contributed by atoms with Crippen molar-refractivity contribution in [3.8, 4) is 0 Å². The summed E-state index contributed by atoms with van der Waals surface area (Å²) in [5.41, 5.74) is 2.75. The van der Waals surface area contributed by atoms with Gasteiger partial charge in [-0.2, -0.15) is 0 Å². The molecule has 0 bridgehead atoms. The Morgan fingerprint density at radius 3 is 2.27 bits per heavy atom. The second kappa shape index (κ2) is 3.83. The largest absolute Gasteiger partial charge is 0.300 e. The van der Waals surface area contributed by atoms with Crippen LogP contribution in [-0.4, -0.2) is 11.8 Å². The molecule has 0 aromatic heterocycles. The number of rotatable bonds is 2. The Balaban J connectivity index is 2.30. The zero-order chi connectivity index (χ0) is 8.27. The summed E-state index contributed by atoms with van der Waals surface area (Å²) < 4.78 is 0. The Hall–Kier alpha value is -0.410. The van der Waals surface area contributed by atoms with Crippen LogP contribution in [0.15, 0.2) is 0 Å². The Bertz CT molecular complexity index is 139. The molecule has 0 atom stereocenters. The molecule has 3 heteroatoms. The minimum atomic E-state index is 0.305. The van der Waals surface area contributed by atoms with Gasteiger partial charge in [0, 0.05) is 12.0 Å². The number of nitrogens with one attached hydrogen (secondary N) is 1. The van der Waals surface area contributed by atoms with Gasteiger partial charge in [0.1, 0.15) is 5.78 Å². The topological polar surface area (TPSA) is 55.1 Å². The van der Waals surface area contributed by atoms with Crippen LogP contribution in [0.2, 0.25) is 0 Å². The van der Waals surface area contributed by atoms with Gasteiger partial charge in [-0.1, -0.05) is 0 Å². The van der Waals surface area contributed by atoms with E-state index in [1.807, 2.05) is 0 Å². The highest BCUT2D eigenvalue weighted by molar-refractivity contribution is 5.78. The standard InChI is InChI=1S/C8H16N2O/c1-6(11)7-2-4-8(10-9)5-3-7/h7-8,10H,2-5,9H2,1H3. The number of ketones is 1. The van der Waals surface area contributed by atoms with E-state index >= 15 is 0 Å². The maximum atomic E-state index is 10.9. The number of carbonyl (C=O) groups is 1. The summed E-state index contributed by atoms with van der Waals surface area (Å²) in [4.78, 5) is 10.9. The van der Waals surface area contributed by atoms with E-state index in [0.29, 0.717) is 17.7 Å². The van der Waals surface area contributed by atoms with Gasteiger partial charge < -0.3 is 0 Å².